The average molecular weight is 247 g/mol. The zero-order chi connectivity index (χ0) is 12.8. The number of hydrazine groups is 1. The Hall–Kier alpha value is -0.900. The standard InChI is InChI=1S/C15H25N3/c1-12(2)8-9-16-10-14-11-17-18-15(14)13-6-4-3-5-7-13/h3-7,12,14-18H,8-11H2,1-2H3. The van der Waals surface area contributed by atoms with Gasteiger partial charge in [-0.15, -0.1) is 0 Å². The van der Waals surface area contributed by atoms with Crippen LogP contribution in [-0.2, 0) is 0 Å². The van der Waals surface area contributed by atoms with Crippen molar-refractivity contribution in [3.05, 3.63) is 35.9 Å². The summed E-state index contributed by atoms with van der Waals surface area (Å²) in [5.74, 6) is 1.40. The summed E-state index contributed by atoms with van der Waals surface area (Å²) >= 11 is 0. The maximum Gasteiger partial charge on any atom is 0.0515 e. The Morgan fingerprint density at radius 2 is 2.06 bits per heavy atom. The molecule has 2 rings (SSSR count). The van der Waals surface area contributed by atoms with Crippen molar-refractivity contribution in [2.75, 3.05) is 19.6 Å². The van der Waals surface area contributed by atoms with Gasteiger partial charge in [0, 0.05) is 19.0 Å². The molecule has 100 valence electrons. The Balaban J connectivity index is 1.81. The molecule has 3 heteroatoms. The summed E-state index contributed by atoms with van der Waals surface area (Å²) in [6.45, 7) is 7.77. The molecule has 1 saturated heterocycles. The molecule has 1 fully saturated rings. The molecule has 1 aromatic carbocycles. The Morgan fingerprint density at radius 3 is 2.78 bits per heavy atom. The summed E-state index contributed by atoms with van der Waals surface area (Å²) in [5, 5.41) is 3.58. The van der Waals surface area contributed by atoms with E-state index in [-0.39, 0.29) is 0 Å². The van der Waals surface area contributed by atoms with E-state index >= 15 is 0 Å². The van der Waals surface area contributed by atoms with Gasteiger partial charge in [0.1, 0.15) is 0 Å². The van der Waals surface area contributed by atoms with Crippen molar-refractivity contribution in [2.24, 2.45) is 11.8 Å². The lowest BCUT2D eigenvalue weighted by atomic mass is 9.95. The molecule has 0 radical (unpaired) electrons. The summed E-state index contributed by atoms with van der Waals surface area (Å²) in [6, 6.07) is 11.1. The fourth-order valence-electron chi connectivity index (χ4n) is 2.42. The molecule has 3 nitrogen and oxygen atoms in total. The zero-order valence-electron chi connectivity index (χ0n) is 11.4. The van der Waals surface area contributed by atoms with E-state index in [4.69, 9.17) is 0 Å². The molecular formula is C15H25N3. The van der Waals surface area contributed by atoms with E-state index in [2.05, 4.69) is 60.3 Å². The second-order valence-electron chi connectivity index (χ2n) is 5.56. The minimum atomic E-state index is 0.428. The van der Waals surface area contributed by atoms with E-state index in [0.29, 0.717) is 12.0 Å². The molecule has 2 atom stereocenters. The number of hydrogen-bond acceptors (Lipinski definition) is 3. The van der Waals surface area contributed by atoms with Crippen LogP contribution in [0.1, 0.15) is 31.9 Å². The van der Waals surface area contributed by atoms with Gasteiger partial charge in [0.05, 0.1) is 6.04 Å². The third kappa shape index (κ3) is 3.80. The van der Waals surface area contributed by atoms with E-state index in [1.807, 2.05) is 0 Å². The number of benzene rings is 1. The van der Waals surface area contributed by atoms with Crippen LogP contribution in [0.2, 0.25) is 0 Å². The topological polar surface area (TPSA) is 36.1 Å². The predicted molar refractivity (Wildman–Crippen MR) is 76.1 cm³/mol. The Morgan fingerprint density at radius 1 is 1.28 bits per heavy atom. The first-order valence-electron chi connectivity index (χ1n) is 7.01. The number of rotatable bonds is 6. The lowest BCUT2D eigenvalue weighted by molar-refractivity contribution is 0.429. The smallest absolute Gasteiger partial charge is 0.0515 e. The van der Waals surface area contributed by atoms with E-state index in [9.17, 15) is 0 Å². The minimum Gasteiger partial charge on any atom is -0.316 e. The Kier molecular flexibility index (Phi) is 5.17. The predicted octanol–water partition coefficient (Wildman–Crippen LogP) is 2.09. The number of nitrogens with one attached hydrogen (secondary N) is 3. The van der Waals surface area contributed by atoms with Gasteiger partial charge in [0.2, 0.25) is 0 Å². The van der Waals surface area contributed by atoms with Gasteiger partial charge in [-0.3, -0.25) is 5.43 Å². The molecule has 0 saturated carbocycles. The maximum absolute atomic E-state index is 3.58. The third-order valence-electron chi connectivity index (χ3n) is 3.56. The van der Waals surface area contributed by atoms with Crippen LogP contribution < -0.4 is 16.2 Å². The SMILES string of the molecule is CC(C)CCNCC1CNNC1c1ccccc1. The fourth-order valence-corrected chi connectivity index (χ4v) is 2.42. The molecule has 3 N–H and O–H groups in total. The average Bonchev–Trinajstić information content (AvgIpc) is 2.84. The van der Waals surface area contributed by atoms with Gasteiger partial charge in [-0.1, -0.05) is 44.2 Å². The van der Waals surface area contributed by atoms with Crippen LogP contribution in [0.3, 0.4) is 0 Å². The second kappa shape index (κ2) is 6.88. The van der Waals surface area contributed by atoms with Gasteiger partial charge in [-0.05, 0) is 24.4 Å². The van der Waals surface area contributed by atoms with Crippen LogP contribution in [0.4, 0.5) is 0 Å². The second-order valence-corrected chi connectivity index (χ2v) is 5.56. The molecule has 0 bridgehead atoms. The van der Waals surface area contributed by atoms with E-state index in [1.165, 1.54) is 12.0 Å². The Labute approximate surface area is 110 Å². The summed E-state index contributed by atoms with van der Waals surface area (Å²) < 4.78 is 0. The lowest BCUT2D eigenvalue weighted by Crippen LogP contribution is -2.29. The van der Waals surface area contributed by atoms with Crippen molar-refractivity contribution in [1.82, 2.24) is 16.2 Å². The highest BCUT2D eigenvalue weighted by atomic mass is 15.4. The van der Waals surface area contributed by atoms with E-state index < -0.39 is 0 Å². The first-order chi connectivity index (χ1) is 8.77. The summed E-state index contributed by atoms with van der Waals surface area (Å²) in [4.78, 5) is 0. The zero-order valence-corrected chi connectivity index (χ0v) is 11.4. The van der Waals surface area contributed by atoms with Gasteiger partial charge in [-0.25, -0.2) is 5.43 Å². The summed E-state index contributed by atoms with van der Waals surface area (Å²) in [5.41, 5.74) is 8.04. The van der Waals surface area contributed by atoms with Crippen molar-refractivity contribution in [3.8, 4) is 0 Å². The minimum absolute atomic E-state index is 0.428. The van der Waals surface area contributed by atoms with Crippen LogP contribution in [-0.4, -0.2) is 19.6 Å². The van der Waals surface area contributed by atoms with Crippen LogP contribution in [0, 0.1) is 11.8 Å². The molecule has 0 aromatic heterocycles. The first-order valence-corrected chi connectivity index (χ1v) is 7.01. The quantitative estimate of drug-likeness (QED) is 0.674. The van der Waals surface area contributed by atoms with Gasteiger partial charge in [0.15, 0.2) is 0 Å². The summed E-state index contributed by atoms with van der Waals surface area (Å²) in [7, 11) is 0. The largest absolute Gasteiger partial charge is 0.316 e. The Bertz CT molecular complexity index is 337. The van der Waals surface area contributed by atoms with Crippen molar-refractivity contribution in [3.63, 3.8) is 0 Å². The van der Waals surface area contributed by atoms with Crippen LogP contribution in [0.15, 0.2) is 30.3 Å². The molecular weight excluding hydrogens is 222 g/mol. The monoisotopic (exact) mass is 247 g/mol. The fraction of sp³-hybridized carbons (Fsp3) is 0.600. The maximum atomic E-state index is 3.58. The molecule has 1 aliphatic rings. The third-order valence-corrected chi connectivity index (χ3v) is 3.56. The van der Waals surface area contributed by atoms with Gasteiger partial charge in [-0.2, -0.15) is 0 Å². The highest BCUT2D eigenvalue weighted by Gasteiger charge is 2.27. The molecule has 1 heterocycles. The van der Waals surface area contributed by atoms with Crippen LogP contribution in [0.25, 0.3) is 0 Å². The van der Waals surface area contributed by atoms with Gasteiger partial charge in [0.25, 0.3) is 0 Å². The van der Waals surface area contributed by atoms with Crippen LogP contribution >= 0.6 is 0 Å². The highest BCUT2D eigenvalue weighted by Crippen LogP contribution is 2.23. The molecule has 1 aliphatic heterocycles. The van der Waals surface area contributed by atoms with Crippen LogP contribution in [0.5, 0.6) is 0 Å². The lowest BCUT2D eigenvalue weighted by Gasteiger charge is -2.19. The van der Waals surface area contributed by atoms with E-state index in [1.54, 1.807) is 0 Å². The molecule has 2 unspecified atom stereocenters. The molecule has 0 aliphatic carbocycles. The molecule has 0 spiro atoms. The molecule has 0 amide bonds. The molecule has 18 heavy (non-hydrogen) atoms. The number of hydrogen-bond donors (Lipinski definition) is 3. The van der Waals surface area contributed by atoms with Crippen molar-refractivity contribution in [2.45, 2.75) is 26.3 Å². The van der Waals surface area contributed by atoms with Crippen molar-refractivity contribution < 1.29 is 0 Å². The van der Waals surface area contributed by atoms with Gasteiger partial charge < -0.3 is 5.32 Å². The summed E-state index contributed by atoms with van der Waals surface area (Å²) in [6.07, 6.45) is 1.25. The molecule has 1 aromatic rings. The van der Waals surface area contributed by atoms with Gasteiger partial charge >= 0.3 is 0 Å². The van der Waals surface area contributed by atoms with Crippen molar-refractivity contribution >= 4 is 0 Å². The van der Waals surface area contributed by atoms with Crippen molar-refractivity contribution in [1.29, 1.82) is 0 Å². The normalized spacial score (nSPS) is 23.7. The van der Waals surface area contributed by atoms with E-state index in [0.717, 1.165) is 25.6 Å². The highest BCUT2D eigenvalue weighted by molar-refractivity contribution is 5.20. The first kappa shape index (κ1) is 13.5.